The van der Waals surface area contributed by atoms with Crippen molar-refractivity contribution in [3.05, 3.63) is 94.5 Å². The van der Waals surface area contributed by atoms with Crippen LogP contribution in [0.1, 0.15) is 40.2 Å². The Labute approximate surface area is 198 Å². The van der Waals surface area contributed by atoms with Crippen LogP contribution in [0.5, 0.6) is 5.75 Å². The van der Waals surface area contributed by atoms with Crippen molar-refractivity contribution in [1.82, 2.24) is 14.5 Å². The quantitative estimate of drug-likeness (QED) is 0.333. The number of nitrogens with zero attached hydrogens (tertiary/aromatic N) is 3. The van der Waals surface area contributed by atoms with Gasteiger partial charge in [-0.3, -0.25) is 10.1 Å². The van der Waals surface area contributed by atoms with E-state index in [2.05, 4.69) is 15.3 Å². The Bertz CT molecular complexity index is 1360. The topological polar surface area (TPSA) is 69.0 Å². The van der Waals surface area contributed by atoms with Gasteiger partial charge in [-0.05, 0) is 67.0 Å². The summed E-state index contributed by atoms with van der Waals surface area (Å²) in [4.78, 5) is 20.7. The summed E-state index contributed by atoms with van der Waals surface area (Å²) in [6.45, 7) is 0.330. The van der Waals surface area contributed by atoms with Crippen LogP contribution in [-0.2, 0) is 6.54 Å². The third kappa shape index (κ3) is 5.37. The lowest BCUT2D eigenvalue weighted by atomic mass is 10.2. The number of hydrogen-bond donors (Lipinski definition) is 1. The van der Waals surface area contributed by atoms with Crippen LogP contribution in [0.25, 0.3) is 12.2 Å². The van der Waals surface area contributed by atoms with Crippen LogP contribution in [-0.4, -0.2) is 26.5 Å². The number of amides is 1. The Hall–Kier alpha value is -3.85. The molecule has 9 heteroatoms. The normalized spacial score (nSPS) is 13.4. The number of thiazole rings is 1. The van der Waals surface area contributed by atoms with Crippen LogP contribution in [0.15, 0.2) is 60.2 Å². The second-order valence-corrected chi connectivity index (χ2v) is 8.73. The first-order valence-electron chi connectivity index (χ1n) is 10.7. The van der Waals surface area contributed by atoms with Crippen LogP contribution in [0.2, 0.25) is 0 Å². The maximum absolute atomic E-state index is 14.3. The molecule has 172 valence electrons. The average molecular weight is 479 g/mol. The Kier molecular flexibility index (Phi) is 6.18. The van der Waals surface area contributed by atoms with Crippen molar-refractivity contribution in [2.24, 2.45) is 0 Å². The van der Waals surface area contributed by atoms with Crippen molar-refractivity contribution in [2.45, 2.75) is 25.5 Å². The fourth-order valence-electron chi connectivity index (χ4n) is 3.35. The van der Waals surface area contributed by atoms with Crippen molar-refractivity contribution in [2.75, 3.05) is 5.32 Å². The predicted octanol–water partition coefficient (Wildman–Crippen LogP) is 5.63. The molecule has 0 atom stereocenters. The number of benzene rings is 1. The van der Waals surface area contributed by atoms with Gasteiger partial charge in [-0.15, -0.1) is 11.3 Å². The molecule has 0 radical (unpaired) electrons. The Morgan fingerprint density at radius 1 is 1.21 bits per heavy atom. The van der Waals surface area contributed by atoms with Crippen LogP contribution < -0.4 is 10.1 Å². The van der Waals surface area contributed by atoms with E-state index in [1.807, 2.05) is 0 Å². The molecular weight excluding hydrogens is 458 g/mol. The number of anilines is 1. The molecule has 1 fully saturated rings. The molecule has 0 spiro atoms. The van der Waals surface area contributed by atoms with E-state index >= 15 is 0 Å². The zero-order chi connectivity index (χ0) is 23.5. The fourth-order valence-corrected chi connectivity index (χ4v) is 4.02. The van der Waals surface area contributed by atoms with E-state index in [1.165, 1.54) is 29.7 Å². The van der Waals surface area contributed by atoms with Crippen molar-refractivity contribution < 1.29 is 18.3 Å². The summed E-state index contributed by atoms with van der Waals surface area (Å²) in [5, 5.41) is 4.97. The molecule has 1 N–H and O–H groups in total. The molecule has 34 heavy (non-hydrogen) atoms. The summed E-state index contributed by atoms with van der Waals surface area (Å²) in [6.07, 6.45) is 8.71. The highest BCUT2D eigenvalue weighted by Gasteiger charge is 2.23. The summed E-state index contributed by atoms with van der Waals surface area (Å²) in [5.74, 6) is -0.731. The van der Waals surface area contributed by atoms with Gasteiger partial charge in [-0.2, -0.15) is 4.39 Å². The van der Waals surface area contributed by atoms with Gasteiger partial charge in [0, 0.05) is 35.9 Å². The van der Waals surface area contributed by atoms with Gasteiger partial charge in [0.25, 0.3) is 5.91 Å². The fraction of sp³-hybridized carbons (Fsp3) is 0.160. The highest BCUT2D eigenvalue weighted by molar-refractivity contribution is 7.14. The van der Waals surface area contributed by atoms with Gasteiger partial charge in [0.1, 0.15) is 17.3 Å². The van der Waals surface area contributed by atoms with E-state index in [0.717, 1.165) is 12.8 Å². The van der Waals surface area contributed by atoms with Crippen LogP contribution in [0.4, 0.5) is 13.9 Å². The maximum atomic E-state index is 14.3. The summed E-state index contributed by atoms with van der Waals surface area (Å²) >= 11 is 1.27. The first-order chi connectivity index (χ1) is 16.5. The molecular formula is C25H20F2N4O2S. The Morgan fingerprint density at radius 2 is 2.09 bits per heavy atom. The molecule has 1 saturated carbocycles. The summed E-state index contributed by atoms with van der Waals surface area (Å²) < 4.78 is 35.0. The molecule has 0 unspecified atom stereocenters. The number of carbonyl (C=O) groups is 1. The number of nitrogens with one attached hydrogen (secondary N) is 1. The minimum Gasteiger partial charge on any atom is -0.490 e. The van der Waals surface area contributed by atoms with Gasteiger partial charge < -0.3 is 9.30 Å². The minimum absolute atomic E-state index is 0.214. The number of ether oxygens (including phenoxy) is 1. The Morgan fingerprint density at radius 3 is 2.88 bits per heavy atom. The minimum atomic E-state index is -0.568. The van der Waals surface area contributed by atoms with Gasteiger partial charge >= 0.3 is 0 Å². The molecule has 3 aromatic heterocycles. The number of pyridine rings is 1. The first-order valence-corrected chi connectivity index (χ1v) is 11.6. The summed E-state index contributed by atoms with van der Waals surface area (Å²) in [5.41, 5.74) is 2.13. The van der Waals surface area contributed by atoms with Crippen LogP contribution in [0, 0.1) is 11.8 Å². The van der Waals surface area contributed by atoms with Crippen molar-refractivity contribution in [3.8, 4) is 5.75 Å². The van der Waals surface area contributed by atoms with Crippen LogP contribution in [0.3, 0.4) is 0 Å². The lowest BCUT2D eigenvalue weighted by Crippen LogP contribution is -2.17. The van der Waals surface area contributed by atoms with Crippen molar-refractivity contribution >= 4 is 34.5 Å². The lowest BCUT2D eigenvalue weighted by molar-refractivity contribution is 0.101. The first kappa shape index (κ1) is 22.0. The highest BCUT2D eigenvalue weighted by Crippen LogP contribution is 2.28. The van der Waals surface area contributed by atoms with E-state index in [1.54, 1.807) is 58.6 Å². The van der Waals surface area contributed by atoms with Crippen molar-refractivity contribution in [1.29, 1.82) is 0 Å². The number of halogens is 2. The van der Waals surface area contributed by atoms with Gasteiger partial charge in [0.05, 0.1) is 11.8 Å². The summed E-state index contributed by atoms with van der Waals surface area (Å²) in [7, 11) is 0. The van der Waals surface area contributed by atoms with Gasteiger partial charge in [0.15, 0.2) is 5.13 Å². The van der Waals surface area contributed by atoms with Gasteiger partial charge in [-0.25, -0.2) is 14.4 Å². The largest absolute Gasteiger partial charge is 0.490 e. The summed E-state index contributed by atoms with van der Waals surface area (Å²) in [6, 6.07) is 11.3. The molecule has 1 aromatic carbocycles. The van der Waals surface area contributed by atoms with Gasteiger partial charge in [-0.1, -0.05) is 0 Å². The standard InChI is InChI=1S/C25H20F2N4O2S/c26-21-13-20(33-19-7-8-19)6-4-17(21)3-5-18-15-34-25(29-18)30-24(32)22-2-1-11-31(22)14-16-9-10-28-23(27)12-16/h1-6,9-13,15,19H,7-8,14H2,(H,29,30,32)/b5-3+. The van der Waals surface area contributed by atoms with E-state index < -0.39 is 5.95 Å². The monoisotopic (exact) mass is 478 g/mol. The van der Waals surface area contributed by atoms with E-state index in [4.69, 9.17) is 4.74 Å². The maximum Gasteiger partial charge on any atom is 0.274 e. The second-order valence-electron chi connectivity index (χ2n) is 7.87. The Balaban J connectivity index is 1.23. The molecule has 1 amide bonds. The van der Waals surface area contributed by atoms with E-state index in [0.29, 0.717) is 39.9 Å². The third-order valence-corrected chi connectivity index (χ3v) is 5.96. The predicted molar refractivity (Wildman–Crippen MR) is 127 cm³/mol. The molecule has 1 aliphatic rings. The van der Waals surface area contributed by atoms with Crippen LogP contribution >= 0.6 is 11.3 Å². The second kappa shape index (κ2) is 9.56. The van der Waals surface area contributed by atoms with Gasteiger partial charge in [0.2, 0.25) is 5.95 Å². The third-order valence-electron chi connectivity index (χ3n) is 5.18. The van der Waals surface area contributed by atoms with Crippen molar-refractivity contribution in [3.63, 3.8) is 0 Å². The number of carbonyl (C=O) groups excluding carboxylic acids is 1. The number of rotatable bonds is 8. The number of hydrogen-bond acceptors (Lipinski definition) is 5. The SMILES string of the molecule is O=C(Nc1nc(/C=C/c2ccc(OC3CC3)cc2F)cs1)c1cccn1Cc1ccnc(F)c1. The highest BCUT2D eigenvalue weighted by atomic mass is 32.1. The molecule has 3 heterocycles. The molecule has 4 aromatic rings. The molecule has 0 saturated heterocycles. The molecule has 1 aliphatic carbocycles. The van der Waals surface area contributed by atoms with E-state index in [9.17, 15) is 13.6 Å². The number of aromatic nitrogens is 3. The molecule has 6 nitrogen and oxygen atoms in total. The smallest absolute Gasteiger partial charge is 0.274 e. The lowest BCUT2D eigenvalue weighted by Gasteiger charge is -2.09. The average Bonchev–Trinajstić information content (AvgIpc) is 3.31. The molecule has 5 rings (SSSR count). The zero-order valence-corrected chi connectivity index (χ0v) is 18.8. The zero-order valence-electron chi connectivity index (χ0n) is 17.9. The molecule has 0 aliphatic heterocycles. The van der Waals surface area contributed by atoms with E-state index in [-0.39, 0.29) is 17.8 Å². The molecule has 0 bridgehead atoms.